The van der Waals surface area contributed by atoms with E-state index >= 15 is 0 Å². The number of aliphatic carboxylic acids is 1. The van der Waals surface area contributed by atoms with Gasteiger partial charge in [-0.2, -0.15) is 0 Å². The fourth-order valence-electron chi connectivity index (χ4n) is 1.17. The van der Waals surface area contributed by atoms with Gasteiger partial charge >= 0.3 is 5.97 Å². The molecule has 1 aromatic carbocycles. The molecule has 1 aromatic rings. The number of ketones is 1. The summed E-state index contributed by atoms with van der Waals surface area (Å²) in [7, 11) is 0. The van der Waals surface area contributed by atoms with Crippen LogP contribution in [0.4, 0.5) is 0 Å². The Balaban J connectivity index is 2.81. The van der Waals surface area contributed by atoms with Gasteiger partial charge in [0.1, 0.15) is 5.75 Å². The van der Waals surface area contributed by atoms with E-state index in [0.717, 1.165) is 0 Å². The molecule has 0 fully saturated rings. The zero-order valence-electron chi connectivity index (χ0n) is 8.84. The van der Waals surface area contributed by atoms with Crippen molar-refractivity contribution < 1.29 is 19.4 Å². The van der Waals surface area contributed by atoms with Crippen molar-refractivity contribution in [3.63, 3.8) is 0 Å². The lowest BCUT2D eigenvalue weighted by Crippen LogP contribution is -2.38. The van der Waals surface area contributed by atoms with Crippen molar-refractivity contribution in [1.82, 2.24) is 0 Å². The van der Waals surface area contributed by atoms with Crippen LogP contribution in [0.25, 0.3) is 0 Å². The topological polar surface area (TPSA) is 89.6 Å². The van der Waals surface area contributed by atoms with Crippen LogP contribution in [0.3, 0.4) is 0 Å². The Morgan fingerprint density at radius 2 is 1.94 bits per heavy atom. The van der Waals surface area contributed by atoms with Gasteiger partial charge < -0.3 is 15.6 Å². The van der Waals surface area contributed by atoms with Crippen LogP contribution in [0.2, 0.25) is 0 Å². The van der Waals surface area contributed by atoms with Crippen LogP contribution >= 0.6 is 0 Å². The molecule has 0 amide bonds. The van der Waals surface area contributed by atoms with E-state index in [1.165, 1.54) is 12.1 Å². The Bertz CT molecular complexity index is 385. The molecule has 0 radical (unpaired) electrons. The predicted octanol–water partition coefficient (Wildman–Crippen LogP) is 0.680. The minimum absolute atomic E-state index is 0.262. The molecule has 0 aromatic heterocycles. The number of benzene rings is 1. The molecule has 0 spiro atoms. The normalized spacial score (nSPS) is 11.9. The lowest BCUT2D eigenvalue weighted by Gasteiger charge is -2.06. The SMILES string of the molecule is CCOc1ccc(C(=O)C(N)C(=O)O)cc1. The number of nitrogens with two attached hydrogens (primary N) is 1. The number of hydrogen-bond acceptors (Lipinski definition) is 4. The lowest BCUT2D eigenvalue weighted by molar-refractivity contribution is -0.137. The van der Waals surface area contributed by atoms with E-state index in [1.54, 1.807) is 12.1 Å². The summed E-state index contributed by atoms with van der Waals surface area (Å²) in [4.78, 5) is 22.0. The molecule has 1 rings (SSSR count). The molecule has 16 heavy (non-hydrogen) atoms. The number of Topliss-reactive ketones (excluding diaryl/α,β-unsaturated/α-hetero) is 1. The van der Waals surface area contributed by atoms with E-state index in [-0.39, 0.29) is 5.56 Å². The van der Waals surface area contributed by atoms with E-state index < -0.39 is 17.8 Å². The molecule has 5 heteroatoms. The highest BCUT2D eigenvalue weighted by Gasteiger charge is 2.22. The van der Waals surface area contributed by atoms with Crippen LogP contribution in [0.15, 0.2) is 24.3 Å². The van der Waals surface area contributed by atoms with Crippen molar-refractivity contribution in [2.75, 3.05) is 6.61 Å². The summed E-state index contributed by atoms with van der Waals surface area (Å²) in [6.45, 7) is 2.38. The van der Waals surface area contributed by atoms with Crippen molar-refractivity contribution in [2.45, 2.75) is 13.0 Å². The molecule has 0 saturated carbocycles. The number of carboxylic acid groups (broad SMARTS) is 1. The third-order valence-corrected chi connectivity index (χ3v) is 2.00. The maximum Gasteiger partial charge on any atom is 0.328 e. The molecule has 5 nitrogen and oxygen atoms in total. The molecule has 0 bridgehead atoms. The first-order valence-electron chi connectivity index (χ1n) is 4.81. The lowest BCUT2D eigenvalue weighted by atomic mass is 10.1. The highest BCUT2D eigenvalue weighted by Crippen LogP contribution is 2.13. The molecule has 0 aliphatic rings. The van der Waals surface area contributed by atoms with Crippen molar-refractivity contribution in [2.24, 2.45) is 5.73 Å². The monoisotopic (exact) mass is 223 g/mol. The molecule has 0 saturated heterocycles. The molecule has 0 aliphatic carbocycles. The Labute approximate surface area is 92.8 Å². The Kier molecular flexibility index (Phi) is 4.02. The largest absolute Gasteiger partial charge is 0.494 e. The zero-order chi connectivity index (χ0) is 12.1. The summed E-state index contributed by atoms with van der Waals surface area (Å²) in [6, 6.07) is 4.68. The summed E-state index contributed by atoms with van der Waals surface area (Å²) in [5.74, 6) is -1.32. The molecule has 1 unspecified atom stereocenters. The Hall–Kier alpha value is -1.88. The fourth-order valence-corrected chi connectivity index (χ4v) is 1.17. The molecule has 0 heterocycles. The van der Waals surface area contributed by atoms with Gasteiger partial charge in [0.2, 0.25) is 0 Å². The number of carbonyl (C=O) groups is 2. The number of carboxylic acids is 1. The van der Waals surface area contributed by atoms with Crippen LogP contribution in [-0.2, 0) is 4.79 Å². The number of ether oxygens (including phenoxy) is 1. The van der Waals surface area contributed by atoms with Crippen molar-refractivity contribution in [3.8, 4) is 5.75 Å². The van der Waals surface area contributed by atoms with E-state index in [0.29, 0.717) is 12.4 Å². The van der Waals surface area contributed by atoms with E-state index in [2.05, 4.69) is 0 Å². The summed E-state index contributed by atoms with van der Waals surface area (Å²) in [5, 5.41) is 8.58. The van der Waals surface area contributed by atoms with Crippen molar-refractivity contribution in [1.29, 1.82) is 0 Å². The Morgan fingerprint density at radius 3 is 2.38 bits per heavy atom. The second-order valence-electron chi connectivity index (χ2n) is 3.14. The van der Waals surface area contributed by atoms with E-state index in [4.69, 9.17) is 15.6 Å². The first kappa shape index (κ1) is 12.2. The highest BCUT2D eigenvalue weighted by atomic mass is 16.5. The van der Waals surface area contributed by atoms with Gasteiger partial charge in [-0.25, -0.2) is 0 Å². The first-order valence-corrected chi connectivity index (χ1v) is 4.81. The molecule has 1 atom stereocenters. The average molecular weight is 223 g/mol. The number of hydrogen-bond donors (Lipinski definition) is 2. The number of rotatable bonds is 5. The van der Waals surface area contributed by atoms with Crippen molar-refractivity contribution in [3.05, 3.63) is 29.8 Å². The van der Waals surface area contributed by atoms with Gasteiger partial charge in [0, 0.05) is 5.56 Å². The third kappa shape index (κ3) is 2.80. The zero-order valence-corrected chi connectivity index (χ0v) is 8.84. The molecule has 0 aliphatic heterocycles. The summed E-state index contributed by atoms with van der Waals surface area (Å²) >= 11 is 0. The van der Waals surface area contributed by atoms with Crippen molar-refractivity contribution >= 4 is 11.8 Å². The van der Waals surface area contributed by atoms with Crippen LogP contribution in [0, 0.1) is 0 Å². The van der Waals surface area contributed by atoms with Crippen LogP contribution in [0.5, 0.6) is 5.75 Å². The molecular formula is C11H13NO4. The predicted molar refractivity (Wildman–Crippen MR) is 57.6 cm³/mol. The van der Waals surface area contributed by atoms with Gasteiger partial charge in [0.05, 0.1) is 6.61 Å². The van der Waals surface area contributed by atoms with Crippen LogP contribution in [-0.4, -0.2) is 29.5 Å². The first-order chi connectivity index (χ1) is 7.56. The highest BCUT2D eigenvalue weighted by molar-refractivity contribution is 6.11. The van der Waals surface area contributed by atoms with Gasteiger partial charge in [-0.15, -0.1) is 0 Å². The van der Waals surface area contributed by atoms with Crippen LogP contribution in [0.1, 0.15) is 17.3 Å². The van der Waals surface area contributed by atoms with Crippen LogP contribution < -0.4 is 10.5 Å². The molecule has 3 N–H and O–H groups in total. The molecule has 86 valence electrons. The minimum atomic E-state index is -1.52. The van der Waals surface area contributed by atoms with Gasteiger partial charge in [0.15, 0.2) is 11.8 Å². The fraction of sp³-hybridized carbons (Fsp3) is 0.273. The van der Waals surface area contributed by atoms with E-state index in [9.17, 15) is 9.59 Å². The quantitative estimate of drug-likeness (QED) is 0.566. The molecular weight excluding hydrogens is 210 g/mol. The third-order valence-electron chi connectivity index (χ3n) is 2.00. The maximum atomic E-state index is 11.5. The second kappa shape index (κ2) is 5.27. The minimum Gasteiger partial charge on any atom is -0.494 e. The second-order valence-corrected chi connectivity index (χ2v) is 3.14. The van der Waals surface area contributed by atoms with Gasteiger partial charge in [-0.05, 0) is 31.2 Å². The number of carbonyl (C=O) groups excluding carboxylic acids is 1. The summed E-state index contributed by atoms with van der Waals surface area (Å²) < 4.78 is 5.19. The summed E-state index contributed by atoms with van der Waals surface area (Å²) in [6.07, 6.45) is 0. The standard InChI is InChI=1S/C11H13NO4/c1-2-16-8-5-3-7(4-6-8)10(13)9(12)11(14)15/h3-6,9H,2,12H2,1H3,(H,14,15). The van der Waals surface area contributed by atoms with Gasteiger partial charge in [-0.1, -0.05) is 0 Å². The van der Waals surface area contributed by atoms with Gasteiger partial charge in [0.25, 0.3) is 0 Å². The van der Waals surface area contributed by atoms with Gasteiger partial charge in [-0.3, -0.25) is 9.59 Å². The Morgan fingerprint density at radius 1 is 1.38 bits per heavy atom. The average Bonchev–Trinajstić information content (AvgIpc) is 2.28. The smallest absolute Gasteiger partial charge is 0.328 e. The summed E-state index contributed by atoms with van der Waals surface area (Å²) in [5.41, 5.74) is 5.47. The van der Waals surface area contributed by atoms with E-state index in [1.807, 2.05) is 6.92 Å². The maximum absolute atomic E-state index is 11.5.